The Bertz CT molecular complexity index is 1120. The molecule has 4 rings (SSSR count). The largest absolute Gasteiger partial charge is 0.486 e. The molecule has 3 aromatic rings. The van der Waals surface area contributed by atoms with Crippen LogP contribution in [-0.2, 0) is 9.47 Å². The van der Waals surface area contributed by atoms with Crippen molar-refractivity contribution in [3.8, 4) is 28.0 Å². The third kappa shape index (κ3) is 4.97. The predicted molar refractivity (Wildman–Crippen MR) is 122 cm³/mol. The Morgan fingerprint density at radius 1 is 0.909 bits per heavy atom. The van der Waals surface area contributed by atoms with Gasteiger partial charge in [-0.05, 0) is 41.3 Å². The van der Waals surface area contributed by atoms with E-state index >= 15 is 0 Å². The Balaban J connectivity index is 1.53. The van der Waals surface area contributed by atoms with Crippen LogP contribution in [0.5, 0.6) is 5.75 Å². The van der Waals surface area contributed by atoms with E-state index in [0.29, 0.717) is 29.9 Å². The van der Waals surface area contributed by atoms with Crippen LogP contribution in [0, 0.1) is 17.5 Å². The van der Waals surface area contributed by atoms with Crippen molar-refractivity contribution in [2.24, 2.45) is 0 Å². The van der Waals surface area contributed by atoms with Gasteiger partial charge in [-0.2, -0.15) is 4.39 Å². The smallest absolute Gasteiger partial charge is 0.201 e. The van der Waals surface area contributed by atoms with Gasteiger partial charge in [0, 0.05) is 17.0 Å². The Labute approximate surface area is 191 Å². The van der Waals surface area contributed by atoms with Gasteiger partial charge in [0.2, 0.25) is 5.82 Å². The Hall–Kier alpha value is -3.09. The van der Waals surface area contributed by atoms with Crippen molar-refractivity contribution >= 4 is 0 Å². The van der Waals surface area contributed by atoms with E-state index in [0.717, 1.165) is 12.0 Å². The van der Waals surface area contributed by atoms with Crippen LogP contribution in [0.4, 0.5) is 13.2 Å². The van der Waals surface area contributed by atoms with Crippen LogP contribution in [-0.4, -0.2) is 26.1 Å². The highest BCUT2D eigenvalue weighted by molar-refractivity contribution is 5.71. The molecule has 3 nitrogen and oxygen atoms in total. The van der Waals surface area contributed by atoms with Gasteiger partial charge in [-0.25, -0.2) is 8.78 Å². The normalized spacial score (nSPS) is 18.2. The minimum Gasteiger partial charge on any atom is -0.486 e. The summed E-state index contributed by atoms with van der Waals surface area (Å²) in [7, 11) is 0. The molecule has 0 aromatic heterocycles. The van der Waals surface area contributed by atoms with Gasteiger partial charge in [0.1, 0.15) is 12.4 Å². The van der Waals surface area contributed by atoms with Gasteiger partial charge in [0.05, 0.1) is 13.2 Å². The van der Waals surface area contributed by atoms with E-state index < -0.39 is 11.6 Å². The fraction of sp³-hybridized carbons (Fsp3) is 0.259. The minimum atomic E-state index is -1.05. The molecule has 172 valence electrons. The van der Waals surface area contributed by atoms with Crippen molar-refractivity contribution in [1.29, 1.82) is 0 Å². The summed E-state index contributed by atoms with van der Waals surface area (Å²) < 4.78 is 60.2. The molecule has 0 unspecified atom stereocenters. The van der Waals surface area contributed by atoms with E-state index in [2.05, 4.69) is 6.58 Å². The van der Waals surface area contributed by atoms with Crippen LogP contribution in [0.25, 0.3) is 22.3 Å². The molecule has 0 N–H and O–H groups in total. The summed E-state index contributed by atoms with van der Waals surface area (Å²) in [6, 6.07) is 14.6. The molecular formula is C27H25F3O3. The van der Waals surface area contributed by atoms with Crippen LogP contribution in [0.15, 0.2) is 67.3 Å². The first-order valence-electron chi connectivity index (χ1n) is 10.9. The van der Waals surface area contributed by atoms with Crippen molar-refractivity contribution in [3.05, 3.63) is 90.3 Å². The molecule has 0 radical (unpaired) electrons. The van der Waals surface area contributed by atoms with Crippen molar-refractivity contribution < 1.29 is 27.4 Å². The zero-order valence-corrected chi connectivity index (χ0v) is 18.3. The second-order valence-corrected chi connectivity index (χ2v) is 7.86. The highest BCUT2D eigenvalue weighted by atomic mass is 19.2. The fourth-order valence-corrected chi connectivity index (χ4v) is 3.83. The Kier molecular flexibility index (Phi) is 7.16. The molecule has 0 saturated carbocycles. The van der Waals surface area contributed by atoms with Crippen LogP contribution in [0.2, 0.25) is 0 Å². The lowest BCUT2D eigenvalue weighted by Gasteiger charge is -2.29. The highest BCUT2D eigenvalue weighted by Crippen LogP contribution is 2.33. The molecule has 1 fully saturated rings. The SMILES string of the molecule is C=CCOc1ccc(-c2ccc(-c3ccc(C4COC(CC)OC4)cc3F)cc2)c(F)c1F. The second-order valence-electron chi connectivity index (χ2n) is 7.86. The monoisotopic (exact) mass is 454 g/mol. The van der Waals surface area contributed by atoms with Gasteiger partial charge in [0.25, 0.3) is 0 Å². The Morgan fingerprint density at radius 2 is 1.55 bits per heavy atom. The lowest BCUT2D eigenvalue weighted by atomic mass is 9.95. The van der Waals surface area contributed by atoms with Crippen molar-refractivity contribution in [2.45, 2.75) is 25.6 Å². The number of hydrogen-bond donors (Lipinski definition) is 0. The first kappa shape index (κ1) is 23.1. The molecule has 33 heavy (non-hydrogen) atoms. The predicted octanol–water partition coefficient (Wildman–Crippen LogP) is 6.87. The van der Waals surface area contributed by atoms with Crippen LogP contribution in [0.1, 0.15) is 24.8 Å². The molecule has 1 aliphatic heterocycles. The summed E-state index contributed by atoms with van der Waals surface area (Å²) in [5.41, 5.74) is 2.46. The minimum absolute atomic E-state index is 0.0185. The lowest BCUT2D eigenvalue weighted by molar-refractivity contribution is -0.187. The Morgan fingerprint density at radius 3 is 2.15 bits per heavy atom. The van der Waals surface area contributed by atoms with Crippen LogP contribution in [0.3, 0.4) is 0 Å². The van der Waals surface area contributed by atoms with Gasteiger partial charge in [-0.15, -0.1) is 0 Å². The third-order valence-electron chi connectivity index (χ3n) is 5.67. The van der Waals surface area contributed by atoms with E-state index in [-0.39, 0.29) is 35.9 Å². The summed E-state index contributed by atoms with van der Waals surface area (Å²) in [6.07, 6.45) is 2.03. The zero-order valence-electron chi connectivity index (χ0n) is 18.3. The van der Waals surface area contributed by atoms with Crippen LogP contribution < -0.4 is 4.74 Å². The molecule has 0 bridgehead atoms. The molecule has 3 aromatic carbocycles. The number of rotatable bonds is 7. The molecular weight excluding hydrogens is 429 g/mol. The molecule has 1 aliphatic rings. The average molecular weight is 454 g/mol. The summed E-state index contributed by atoms with van der Waals surface area (Å²) in [4.78, 5) is 0. The fourth-order valence-electron chi connectivity index (χ4n) is 3.83. The summed E-state index contributed by atoms with van der Waals surface area (Å²) in [6.45, 7) is 6.54. The standard InChI is InChI=1S/C27H25F3O3/c1-3-13-31-24-12-11-22(26(29)27(24)30)18-7-5-17(6-8-18)21-10-9-19(14-23(21)28)20-15-32-25(4-2)33-16-20/h3,5-12,14,20,25H,1,4,13,15-16H2,2H3. The first-order valence-corrected chi connectivity index (χ1v) is 10.9. The van der Waals surface area contributed by atoms with Gasteiger partial charge >= 0.3 is 0 Å². The van der Waals surface area contributed by atoms with E-state index in [4.69, 9.17) is 14.2 Å². The number of benzene rings is 3. The van der Waals surface area contributed by atoms with Gasteiger partial charge in [-0.3, -0.25) is 0 Å². The highest BCUT2D eigenvalue weighted by Gasteiger charge is 2.23. The molecule has 0 aliphatic carbocycles. The maximum absolute atomic E-state index is 14.9. The third-order valence-corrected chi connectivity index (χ3v) is 5.67. The van der Waals surface area contributed by atoms with E-state index in [1.807, 2.05) is 13.0 Å². The summed E-state index contributed by atoms with van der Waals surface area (Å²) in [5.74, 6) is -2.61. The molecule has 1 saturated heterocycles. The molecule has 1 heterocycles. The topological polar surface area (TPSA) is 27.7 Å². The average Bonchev–Trinajstić information content (AvgIpc) is 2.85. The maximum Gasteiger partial charge on any atom is 0.201 e. The quantitative estimate of drug-likeness (QED) is 0.365. The molecule has 0 atom stereocenters. The number of halogens is 3. The van der Waals surface area contributed by atoms with Crippen molar-refractivity contribution in [3.63, 3.8) is 0 Å². The number of ether oxygens (including phenoxy) is 3. The maximum atomic E-state index is 14.9. The zero-order chi connectivity index (χ0) is 23.4. The van der Waals surface area contributed by atoms with Crippen molar-refractivity contribution in [1.82, 2.24) is 0 Å². The van der Waals surface area contributed by atoms with Crippen molar-refractivity contribution in [2.75, 3.05) is 19.8 Å². The molecule has 6 heteroatoms. The van der Waals surface area contributed by atoms with E-state index in [9.17, 15) is 13.2 Å². The van der Waals surface area contributed by atoms with Crippen LogP contribution >= 0.6 is 0 Å². The second kappa shape index (κ2) is 10.2. The molecule has 0 spiro atoms. The van der Waals surface area contributed by atoms with Gasteiger partial charge < -0.3 is 14.2 Å². The summed E-state index contributed by atoms with van der Waals surface area (Å²) in [5, 5.41) is 0. The molecule has 0 amide bonds. The summed E-state index contributed by atoms with van der Waals surface area (Å²) >= 11 is 0. The lowest BCUT2D eigenvalue weighted by Crippen LogP contribution is -2.30. The van der Waals surface area contributed by atoms with Gasteiger partial charge in [0.15, 0.2) is 17.9 Å². The number of hydrogen-bond acceptors (Lipinski definition) is 3. The van der Waals surface area contributed by atoms with Gasteiger partial charge in [-0.1, -0.05) is 56.0 Å². The van der Waals surface area contributed by atoms with E-state index in [1.165, 1.54) is 24.3 Å². The first-order chi connectivity index (χ1) is 16.0. The van der Waals surface area contributed by atoms with E-state index in [1.54, 1.807) is 30.3 Å².